The highest BCUT2D eigenvalue weighted by Gasteiger charge is 2.24. The summed E-state index contributed by atoms with van der Waals surface area (Å²) < 4.78 is 0. The van der Waals surface area contributed by atoms with Crippen LogP contribution in [0.2, 0.25) is 0 Å². The largest absolute Gasteiger partial charge is 0.394 e. The molecular formula is C6H13NO4. The van der Waals surface area contributed by atoms with E-state index < -0.39 is 24.9 Å². The SMILES string of the molecule is CC(=N)C(O)C(O)C(O)CO. The highest BCUT2D eigenvalue weighted by molar-refractivity contribution is 5.83. The lowest BCUT2D eigenvalue weighted by atomic mass is 10.1. The fourth-order valence-corrected chi connectivity index (χ4v) is 0.575. The number of hydrogen-bond acceptors (Lipinski definition) is 5. The minimum absolute atomic E-state index is 0.148. The highest BCUT2D eigenvalue weighted by atomic mass is 16.4. The number of aliphatic hydroxyl groups excluding tert-OH is 4. The molecule has 0 fully saturated rings. The van der Waals surface area contributed by atoms with Gasteiger partial charge < -0.3 is 25.8 Å². The first-order chi connectivity index (χ1) is 5.00. The van der Waals surface area contributed by atoms with Gasteiger partial charge in [0.1, 0.15) is 18.3 Å². The lowest BCUT2D eigenvalue weighted by molar-refractivity contribution is -0.0557. The van der Waals surface area contributed by atoms with Gasteiger partial charge in [0.25, 0.3) is 0 Å². The van der Waals surface area contributed by atoms with E-state index >= 15 is 0 Å². The van der Waals surface area contributed by atoms with Crippen molar-refractivity contribution in [2.24, 2.45) is 0 Å². The minimum atomic E-state index is -1.49. The van der Waals surface area contributed by atoms with Crippen LogP contribution in [-0.2, 0) is 0 Å². The molecule has 0 rings (SSSR count). The summed E-state index contributed by atoms with van der Waals surface area (Å²) in [5, 5.41) is 41.9. The normalized spacial score (nSPS) is 19.0. The molecule has 0 aromatic carbocycles. The molecule has 0 radical (unpaired) electrons. The highest BCUT2D eigenvalue weighted by Crippen LogP contribution is 2.00. The molecule has 0 aliphatic rings. The Labute approximate surface area is 64.4 Å². The summed E-state index contributed by atoms with van der Waals surface area (Å²) in [5.74, 6) is 0. The predicted molar refractivity (Wildman–Crippen MR) is 38.5 cm³/mol. The predicted octanol–water partition coefficient (Wildman–Crippen LogP) is -1.90. The quantitative estimate of drug-likeness (QED) is 0.312. The molecule has 0 amide bonds. The third kappa shape index (κ3) is 2.94. The maximum absolute atomic E-state index is 8.96. The van der Waals surface area contributed by atoms with Crippen LogP contribution >= 0.6 is 0 Å². The van der Waals surface area contributed by atoms with E-state index in [0.717, 1.165) is 0 Å². The summed E-state index contributed by atoms with van der Waals surface area (Å²) in [6.45, 7) is 0.670. The van der Waals surface area contributed by atoms with Crippen molar-refractivity contribution in [2.45, 2.75) is 25.2 Å². The molecule has 5 heteroatoms. The van der Waals surface area contributed by atoms with Gasteiger partial charge in [-0.15, -0.1) is 0 Å². The number of rotatable bonds is 4. The fourth-order valence-electron chi connectivity index (χ4n) is 0.575. The number of nitrogens with one attached hydrogen (secondary N) is 1. The molecular weight excluding hydrogens is 150 g/mol. The number of hydrogen-bond donors (Lipinski definition) is 5. The van der Waals surface area contributed by atoms with Crippen molar-refractivity contribution in [3.63, 3.8) is 0 Å². The molecule has 3 atom stereocenters. The van der Waals surface area contributed by atoms with E-state index in [4.69, 9.17) is 25.8 Å². The van der Waals surface area contributed by atoms with Crippen molar-refractivity contribution in [1.29, 1.82) is 5.41 Å². The zero-order valence-corrected chi connectivity index (χ0v) is 6.23. The third-order valence-electron chi connectivity index (χ3n) is 1.35. The first kappa shape index (κ1) is 10.5. The van der Waals surface area contributed by atoms with Crippen LogP contribution in [0.3, 0.4) is 0 Å². The standard InChI is InChI=1S/C6H13NO4/c1-3(7)5(10)6(11)4(9)2-8/h4-11H,2H2,1H3. The molecule has 0 aliphatic carbocycles. The molecule has 0 saturated heterocycles. The first-order valence-electron chi connectivity index (χ1n) is 3.20. The van der Waals surface area contributed by atoms with E-state index in [1.54, 1.807) is 0 Å². The van der Waals surface area contributed by atoms with Crippen molar-refractivity contribution in [3.8, 4) is 0 Å². The topological polar surface area (TPSA) is 105 Å². The minimum Gasteiger partial charge on any atom is -0.394 e. The Kier molecular flexibility index (Phi) is 4.20. The molecule has 0 saturated carbocycles. The summed E-state index contributed by atoms with van der Waals surface area (Å²) in [6.07, 6.45) is -4.29. The van der Waals surface area contributed by atoms with Crippen LogP contribution in [0.4, 0.5) is 0 Å². The molecule has 5 nitrogen and oxygen atoms in total. The second-order valence-electron chi connectivity index (χ2n) is 2.37. The van der Waals surface area contributed by atoms with Crippen LogP contribution < -0.4 is 0 Å². The van der Waals surface area contributed by atoms with Gasteiger partial charge in [0, 0.05) is 5.71 Å². The van der Waals surface area contributed by atoms with E-state index in [0.29, 0.717) is 0 Å². The molecule has 0 aromatic rings. The molecule has 66 valence electrons. The van der Waals surface area contributed by atoms with E-state index in [-0.39, 0.29) is 5.71 Å². The average Bonchev–Trinajstić information content (AvgIpc) is 2.00. The summed E-state index contributed by atoms with van der Waals surface area (Å²) in [4.78, 5) is 0. The molecule has 0 heterocycles. The van der Waals surface area contributed by atoms with Crippen molar-refractivity contribution in [1.82, 2.24) is 0 Å². The molecule has 3 unspecified atom stereocenters. The van der Waals surface area contributed by atoms with Crippen LogP contribution in [0.25, 0.3) is 0 Å². The van der Waals surface area contributed by atoms with Gasteiger partial charge in [-0.2, -0.15) is 0 Å². The summed E-state index contributed by atoms with van der Waals surface area (Å²) >= 11 is 0. The van der Waals surface area contributed by atoms with Gasteiger partial charge in [0.05, 0.1) is 6.61 Å². The van der Waals surface area contributed by atoms with Crippen LogP contribution in [0.5, 0.6) is 0 Å². The molecule has 11 heavy (non-hydrogen) atoms. The summed E-state index contributed by atoms with van der Waals surface area (Å²) in [6, 6.07) is 0. The monoisotopic (exact) mass is 163 g/mol. The smallest absolute Gasteiger partial charge is 0.119 e. The van der Waals surface area contributed by atoms with E-state index in [1.807, 2.05) is 0 Å². The summed E-state index contributed by atoms with van der Waals surface area (Å²) in [7, 11) is 0. The van der Waals surface area contributed by atoms with E-state index in [1.165, 1.54) is 6.92 Å². The van der Waals surface area contributed by atoms with Crippen molar-refractivity contribution < 1.29 is 20.4 Å². The Morgan fingerprint density at radius 1 is 1.36 bits per heavy atom. The van der Waals surface area contributed by atoms with Crippen LogP contribution in [0, 0.1) is 5.41 Å². The van der Waals surface area contributed by atoms with Gasteiger partial charge in [-0.05, 0) is 6.92 Å². The third-order valence-corrected chi connectivity index (χ3v) is 1.35. The van der Waals surface area contributed by atoms with Crippen LogP contribution in [0.1, 0.15) is 6.92 Å². The molecule has 0 aliphatic heterocycles. The maximum Gasteiger partial charge on any atom is 0.119 e. The second-order valence-corrected chi connectivity index (χ2v) is 2.37. The van der Waals surface area contributed by atoms with E-state index in [2.05, 4.69) is 0 Å². The zero-order valence-electron chi connectivity index (χ0n) is 6.23. The Morgan fingerprint density at radius 3 is 2.09 bits per heavy atom. The van der Waals surface area contributed by atoms with Gasteiger partial charge in [0.15, 0.2) is 0 Å². The Balaban J connectivity index is 4.00. The molecule has 0 spiro atoms. The number of aliphatic hydroxyl groups is 4. The van der Waals surface area contributed by atoms with Crippen LogP contribution in [0.15, 0.2) is 0 Å². The average molecular weight is 163 g/mol. The van der Waals surface area contributed by atoms with Crippen LogP contribution in [-0.4, -0.2) is 51.1 Å². The first-order valence-corrected chi connectivity index (χ1v) is 3.20. The summed E-state index contributed by atoms with van der Waals surface area (Å²) in [5.41, 5.74) is -0.148. The van der Waals surface area contributed by atoms with Gasteiger partial charge >= 0.3 is 0 Å². The van der Waals surface area contributed by atoms with Gasteiger partial charge in [-0.25, -0.2) is 0 Å². The Hall–Kier alpha value is -0.490. The van der Waals surface area contributed by atoms with Gasteiger partial charge in [-0.3, -0.25) is 0 Å². The second kappa shape index (κ2) is 4.40. The van der Waals surface area contributed by atoms with E-state index in [9.17, 15) is 0 Å². The van der Waals surface area contributed by atoms with Crippen molar-refractivity contribution in [2.75, 3.05) is 6.61 Å². The van der Waals surface area contributed by atoms with Crippen molar-refractivity contribution in [3.05, 3.63) is 0 Å². The lowest BCUT2D eigenvalue weighted by Crippen LogP contribution is -2.42. The van der Waals surface area contributed by atoms with Gasteiger partial charge in [0.2, 0.25) is 0 Å². The van der Waals surface area contributed by atoms with Gasteiger partial charge in [-0.1, -0.05) is 0 Å². The Morgan fingerprint density at radius 2 is 1.82 bits per heavy atom. The lowest BCUT2D eigenvalue weighted by Gasteiger charge is -2.20. The molecule has 0 aromatic heterocycles. The molecule has 5 N–H and O–H groups in total. The fraction of sp³-hybridized carbons (Fsp3) is 0.833. The molecule has 0 bridgehead atoms. The van der Waals surface area contributed by atoms with Crippen molar-refractivity contribution >= 4 is 5.71 Å². The zero-order chi connectivity index (χ0) is 9.02. The maximum atomic E-state index is 8.96. The Bertz CT molecular complexity index is 139.